The summed E-state index contributed by atoms with van der Waals surface area (Å²) in [6.45, 7) is 5.80. The van der Waals surface area contributed by atoms with E-state index >= 15 is 0 Å². The van der Waals surface area contributed by atoms with Gasteiger partial charge in [0, 0.05) is 30.8 Å². The van der Waals surface area contributed by atoms with E-state index < -0.39 is 0 Å². The molecule has 0 spiro atoms. The lowest BCUT2D eigenvalue weighted by Crippen LogP contribution is -2.24. The number of nitrogens with one attached hydrogen (secondary N) is 2. The van der Waals surface area contributed by atoms with Crippen molar-refractivity contribution in [3.05, 3.63) is 47.2 Å². The first-order valence-electron chi connectivity index (χ1n) is 7.17. The van der Waals surface area contributed by atoms with Gasteiger partial charge in [0.05, 0.1) is 0 Å². The molecule has 3 rings (SSSR count). The first-order valence-corrected chi connectivity index (χ1v) is 7.17. The third kappa shape index (κ3) is 2.59. The number of hydrogen-bond acceptors (Lipinski definition) is 4. The Morgan fingerprint density at radius 1 is 1.20 bits per heavy atom. The van der Waals surface area contributed by atoms with Crippen LogP contribution in [-0.2, 0) is 6.42 Å². The van der Waals surface area contributed by atoms with E-state index in [2.05, 4.69) is 44.9 Å². The fraction of sp³-hybridized carbons (Fsp3) is 0.375. The number of rotatable bonds is 5. The maximum atomic E-state index is 4.48. The Morgan fingerprint density at radius 3 is 2.85 bits per heavy atom. The van der Waals surface area contributed by atoms with Crippen LogP contribution in [0.5, 0.6) is 0 Å². The van der Waals surface area contributed by atoms with Crippen molar-refractivity contribution in [3.63, 3.8) is 0 Å². The Labute approximate surface area is 119 Å². The first-order chi connectivity index (χ1) is 9.76. The molecule has 1 aromatic carbocycles. The zero-order valence-corrected chi connectivity index (χ0v) is 12.0. The minimum Gasteiger partial charge on any atom is -0.369 e. The van der Waals surface area contributed by atoms with Crippen LogP contribution in [0.1, 0.15) is 29.7 Å². The normalized spacial score (nSPS) is 16.2. The maximum Gasteiger partial charge on any atom is 0.224 e. The molecule has 104 valence electrons. The first kappa shape index (κ1) is 12.9. The highest BCUT2D eigenvalue weighted by molar-refractivity contribution is 5.45. The molecule has 4 heteroatoms. The van der Waals surface area contributed by atoms with Crippen LogP contribution in [0.4, 0.5) is 11.8 Å². The highest BCUT2D eigenvalue weighted by Gasteiger charge is 2.24. The molecule has 2 aromatic rings. The predicted molar refractivity (Wildman–Crippen MR) is 82.3 cm³/mol. The quantitative estimate of drug-likeness (QED) is 0.875. The van der Waals surface area contributed by atoms with Gasteiger partial charge >= 0.3 is 0 Å². The van der Waals surface area contributed by atoms with Crippen molar-refractivity contribution in [1.29, 1.82) is 0 Å². The molecule has 1 aliphatic carbocycles. The SMILES string of the molecule is CCNc1nc(C)cc(NCC2Cc3ccccc32)n1. The molecule has 1 unspecified atom stereocenters. The molecule has 0 aliphatic heterocycles. The molecular weight excluding hydrogens is 248 g/mol. The smallest absolute Gasteiger partial charge is 0.224 e. The second kappa shape index (κ2) is 5.49. The zero-order chi connectivity index (χ0) is 13.9. The largest absolute Gasteiger partial charge is 0.369 e. The molecule has 20 heavy (non-hydrogen) atoms. The van der Waals surface area contributed by atoms with Gasteiger partial charge in [-0.2, -0.15) is 4.98 Å². The minimum atomic E-state index is 0.601. The van der Waals surface area contributed by atoms with Crippen LogP contribution < -0.4 is 10.6 Å². The topological polar surface area (TPSA) is 49.8 Å². The molecule has 0 bridgehead atoms. The lowest BCUT2D eigenvalue weighted by Gasteiger charge is -2.30. The standard InChI is InChI=1S/C16H20N4/c1-3-17-16-19-11(2)8-15(20-16)18-10-13-9-12-6-4-5-7-14(12)13/h4-8,13H,3,9-10H2,1-2H3,(H2,17,18,19,20). The lowest BCUT2D eigenvalue weighted by atomic mass is 9.77. The number of aryl methyl sites for hydroxylation is 1. The van der Waals surface area contributed by atoms with E-state index in [0.717, 1.165) is 31.0 Å². The van der Waals surface area contributed by atoms with E-state index in [4.69, 9.17) is 0 Å². The molecule has 0 amide bonds. The molecule has 1 heterocycles. The third-order valence-electron chi connectivity index (χ3n) is 3.68. The molecule has 0 fully saturated rings. The van der Waals surface area contributed by atoms with E-state index in [-0.39, 0.29) is 0 Å². The Hall–Kier alpha value is -2.10. The Kier molecular flexibility index (Phi) is 3.54. The van der Waals surface area contributed by atoms with Gasteiger partial charge in [-0.05, 0) is 31.4 Å². The Balaban J connectivity index is 1.65. The summed E-state index contributed by atoms with van der Waals surface area (Å²) in [5.41, 5.74) is 3.93. The second-order valence-electron chi connectivity index (χ2n) is 5.23. The van der Waals surface area contributed by atoms with Crippen molar-refractivity contribution in [3.8, 4) is 0 Å². The molecule has 0 saturated carbocycles. The minimum absolute atomic E-state index is 0.601. The molecule has 1 atom stereocenters. The second-order valence-corrected chi connectivity index (χ2v) is 5.23. The average Bonchev–Trinajstić information content (AvgIpc) is 2.39. The monoisotopic (exact) mass is 268 g/mol. The van der Waals surface area contributed by atoms with Crippen molar-refractivity contribution in [2.24, 2.45) is 0 Å². The fourth-order valence-corrected chi connectivity index (χ4v) is 2.67. The van der Waals surface area contributed by atoms with Crippen LogP contribution in [0.25, 0.3) is 0 Å². The summed E-state index contributed by atoms with van der Waals surface area (Å²) in [6, 6.07) is 10.7. The number of hydrogen-bond donors (Lipinski definition) is 2. The van der Waals surface area contributed by atoms with Crippen molar-refractivity contribution < 1.29 is 0 Å². The summed E-state index contributed by atoms with van der Waals surface area (Å²) >= 11 is 0. The number of nitrogens with zero attached hydrogens (tertiary/aromatic N) is 2. The van der Waals surface area contributed by atoms with Gasteiger partial charge in [-0.1, -0.05) is 24.3 Å². The van der Waals surface area contributed by atoms with Crippen LogP contribution in [-0.4, -0.2) is 23.1 Å². The van der Waals surface area contributed by atoms with Crippen LogP contribution >= 0.6 is 0 Å². The van der Waals surface area contributed by atoms with Gasteiger partial charge in [0.15, 0.2) is 0 Å². The summed E-state index contributed by atoms with van der Waals surface area (Å²) in [4.78, 5) is 8.83. The highest BCUT2D eigenvalue weighted by atomic mass is 15.1. The highest BCUT2D eigenvalue weighted by Crippen LogP contribution is 2.34. The van der Waals surface area contributed by atoms with Crippen molar-refractivity contribution >= 4 is 11.8 Å². The molecule has 4 nitrogen and oxygen atoms in total. The summed E-state index contributed by atoms with van der Waals surface area (Å²) in [6.07, 6.45) is 1.16. The van der Waals surface area contributed by atoms with Crippen molar-refractivity contribution in [2.75, 3.05) is 23.7 Å². The average molecular weight is 268 g/mol. The molecular formula is C16H20N4. The maximum absolute atomic E-state index is 4.48. The van der Waals surface area contributed by atoms with E-state index in [1.165, 1.54) is 11.1 Å². The van der Waals surface area contributed by atoms with Crippen LogP contribution in [0.3, 0.4) is 0 Å². The van der Waals surface area contributed by atoms with Crippen molar-refractivity contribution in [1.82, 2.24) is 9.97 Å². The summed E-state index contributed by atoms with van der Waals surface area (Å²) in [5, 5.41) is 6.59. The van der Waals surface area contributed by atoms with Crippen LogP contribution in [0.2, 0.25) is 0 Å². The molecule has 1 aromatic heterocycles. The third-order valence-corrected chi connectivity index (χ3v) is 3.68. The molecule has 1 aliphatic rings. The number of aromatic nitrogens is 2. The number of fused-ring (bicyclic) bond motifs is 1. The molecule has 0 radical (unpaired) electrons. The molecule has 2 N–H and O–H groups in total. The van der Waals surface area contributed by atoms with Crippen molar-refractivity contribution in [2.45, 2.75) is 26.2 Å². The van der Waals surface area contributed by atoms with Gasteiger partial charge in [0.25, 0.3) is 0 Å². The predicted octanol–water partition coefficient (Wildman–Crippen LogP) is 2.97. The van der Waals surface area contributed by atoms with Gasteiger partial charge in [-0.25, -0.2) is 4.98 Å². The van der Waals surface area contributed by atoms with E-state index in [1.54, 1.807) is 0 Å². The van der Waals surface area contributed by atoms with Gasteiger partial charge in [0.2, 0.25) is 5.95 Å². The summed E-state index contributed by atoms with van der Waals surface area (Å²) in [7, 11) is 0. The van der Waals surface area contributed by atoms with E-state index in [9.17, 15) is 0 Å². The van der Waals surface area contributed by atoms with Gasteiger partial charge < -0.3 is 10.6 Å². The van der Waals surface area contributed by atoms with E-state index in [0.29, 0.717) is 11.9 Å². The lowest BCUT2D eigenvalue weighted by molar-refractivity contribution is 0.634. The van der Waals surface area contributed by atoms with Gasteiger partial charge in [-0.3, -0.25) is 0 Å². The molecule has 0 saturated heterocycles. The Bertz CT molecular complexity index is 609. The number of benzene rings is 1. The number of anilines is 2. The summed E-state index contributed by atoms with van der Waals surface area (Å²) < 4.78 is 0. The summed E-state index contributed by atoms with van der Waals surface area (Å²) in [5.74, 6) is 2.20. The van der Waals surface area contributed by atoms with Gasteiger partial charge in [-0.15, -0.1) is 0 Å². The van der Waals surface area contributed by atoms with Crippen LogP contribution in [0.15, 0.2) is 30.3 Å². The van der Waals surface area contributed by atoms with E-state index in [1.807, 2.05) is 19.9 Å². The zero-order valence-electron chi connectivity index (χ0n) is 12.0. The van der Waals surface area contributed by atoms with Crippen LogP contribution in [0, 0.1) is 6.92 Å². The van der Waals surface area contributed by atoms with Gasteiger partial charge in [0.1, 0.15) is 5.82 Å². The fourth-order valence-electron chi connectivity index (χ4n) is 2.67. The Morgan fingerprint density at radius 2 is 2.05 bits per heavy atom.